The molecule has 1 amide bonds. The van der Waals surface area contributed by atoms with Gasteiger partial charge in [0.2, 0.25) is 0 Å². The molecule has 1 aliphatic heterocycles. The van der Waals surface area contributed by atoms with E-state index in [0.717, 1.165) is 0 Å². The first-order chi connectivity index (χ1) is 16.2. The van der Waals surface area contributed by atoms with Crippen molar-refractivity contribution < 1.29 is 23.4 Å². The van der Waals surface area contributed by atoms with Gasteiger partial charge in [-0.3, -0.25) is 4.79 Å². The van der Waals surface area contributed by atoms with Crippen LogP contribution in [0.2, 0.25) is 0 Å². The first kappa shape index (κ1) is 23.8. The van der Waals surface area contributed by atoms with Crippen molar-refractivity contribution in [3.8, 4) is 0 Å². The van der Waals surface area contributed by atoms with E-state index < -0.39 is 29.9 Å². The van der Waals surface area contributed by atoms with E-state index in [1.165, 1.54) is 20.0 Å². The molecule has 3 atom stereocenters. The summed E-state index contributed by atoms with van der Waals surface area (Å²) < 4.78 is 35.3. The number of nitrogens with one attached hydrogen (secondary N) is 3. The molecule has 34 heavy (non-hydrogen) atoms. The highest BCUT2D eigenvalue weighted by molar-refractivity contribution is 5.99. The molecule has 4 heterocycles. The lowest BCUT2D eigenvalue weighted by Crippen LogP contribution is -2.42. The van der Waals surface area contributed by atoms with Gasteiger partial charge < -0.3 is 25.8 Å². The molecule has 3 unspecified atom stereocenters. The maximum atomic E-state index is 14.4. The van der Waals surface area contributed by atoms with Crippen LogP contribution in [0.1, 0.15) is 30.6 Å². The Kier molecular flexibility index (Phi) is 6.89. The van der Waals surface area contributed by atoms with Gasteiger partial charge in [-0.15, -0.1) is 0 Å². The number of alkyl halides is 2. The lowest BCUT2D eigenvalue weighted by atomic mass is 10.0. The predicted octanol–water partition coefficient (Wildman–Crippen LogP) is 2.25. The Bertz CT molecular complexity index is 1150. The Morgan fingerprint density at radius 1 is 1.38 bits per heavy atom. The molecular formula is C22H27F2N7O3. The first-order valence-electron chi connectivity index (χ1n) is 10.9. The minimum atomic E-state index is -1.67. The van der Waals surface area contributed by atoms with Crippen molar-refractivity contribution in [3.05, 3.63) is 42.4 Å². The van der Waals surface area contributed by atoms with Crippen molar-refractivity contribution in [2.24, 2.45) is 0 Å². The summed E-state index contributed by atoms with van der Waals surface area (Å²) in [6.07, 6.45) is 2.17. The zero-order valence-corrected chi connectivity index (χ0v) is 18.8. The second kappa shape index (κ2) is 9.85. The largest absolute Gasteiger partial charge is 0.387 e. The summed E-state index contributed by atoms with van der Waals surface area (Å²) in [7, 11) is 0. The molecule has 0 aromatic carbocycles. The molecule has 182 valence electrons. The number of pyridine rings is 1. The molecule has 4 N–H and O–H groups in total. The number of rotatable bonds is 8. The van der Waals surface area contributed by atoms with Crippen LogP contribution in [0.3, 0.4) is 0 Å². The van der Waals surface area contributed by atoms with Crippen molar-refractivity contribution in [3.63, 3.8) is 0 Å². The number of carbonyl (C=O) groups is 1. The second-order valence-electron chi connectivity index (χ2n) is 8.65. The first-order valence-corrected chi connectivity index (χ1v) is 10.9. The second-order valence-corrected chi connectivity index (χ2v) is 8.65. The molecule has 0 spiro atoms. The fourth-order valence-electron chi connectivity index (χ4n) is 3.43. The molecule has 1 saturated heterocycles. The fraction of sp³-hybridized carbons (Fsp3) is 0.455. The van der Waals surface area contributed by atoms with Crippen LogP contribution in [0.25, 0.3) is 5.65 Å². The Hall–Kier alpha value is -3.38. The van der Waals surface area contributed by atoms with Gasteiger partial charge in [0.15, 0.2) is 5.65 Å². The highest BCUT2D eigenvalue weighted by Gasteiger charge is 2.29. The number of aromatic nitrogens is 4. The summed E-state index contributed by atoms with van der Waals surface area (Å²) in [6, 6.07) is 4.46. The van der Waals surface area contributed by atoms with E-state index in [-0.39, 0.29) is 18.7 Å². The molecule has 0 aliphatic carbocycles. The highest BCUT2D eigenvalue weighted by atomic mass is 19.1. The number of hydrogen-bond donors (Lipinski definition) is 4. The van der Waals surface area contributed by atoms with E-state index >= 15 is 0 Å². The molecule has 10 nitrogen and oxygen atoms in total. The SMILES string of the molecule is CC(C)(O)C(F)CNC(=O)c1cnc(Nc2ccn3nccc3n2)cc1NC1CCOCC1F. The molecule has 3 aromatic heterocycles. The monoisotopic (exact) mass is 475 g/mol. The molecule has 1 aliphatic rings. The van der Waals surface area contributed by atoms with Crippen molar-refractivity contribution in [1.82, 2.24) is 24.9 Å². The maximum Gasteiger partial charge on any atom is 0.255 e. The summed E-state index contributed by atoms with van der Waals surface area (Å²) in [4.78, 5) is 21.5. The minimum Gasteiger partial charge on any atom is -0.387 e. The predicted molar refractivity (Wildman–Crippen MR) is 122 cm³/mol. The smallest absolute Gasteiger partial charge is 0.255 e. The maximum absolute atomic E-state index is 14.4. The third kappa shape index (κ3) is 5.57. The number of ether oxygens (including phenoxy) is 1. The highest BCUT2D eigenvalue weighted by Crippen LogP contribution is 2.25. The number of nitrogens with zero attached hydrogens (tertiary/aromatic N) is 4. The van der Waals surface area contributed by atoms with E-state index in [2.05, 4.69) is 31.0 Å². The molecule has 0 saturated carbocycles. The summed E-state index contributed by atoms with van der Waals surface area (Å²) >= 11 is 0. The van der Waals surface area contributed by atoms with E-state index in [0.29, 0.717) is 36.0 Å². The lowest BCUT2D eigenvalue weighted by molar-refractivity contribution is -0.00177. The third-order valence-corrected chi connectivity index (χ3v) is 5.50. The van der Waals surface area contributed by atoms with Crippen LogP contribution in [-0.2, 0) is 4.74 Å². The molecule has 1 fully saturated rings. The van der Waals surface area contributed by atoms with Crippen molar-refractivity contribution in [1.29, 1.82) is 0 Å². The Morgan fingerprint density at radius 3 is 2.97 bits per heavy atom. The van der Waals surface area contributed by atoms with Gasteiger partial charge in [-0.25, -0.2) is 23.3 Å². The summed E-state index contributed by atoms with van der Waals surface area (Å²) in [5.74, 6) is 0.274. The number of aliphatic hydroxyl groups is 1. The zero-order valence-electron chi connectivity index (χ0n) is 18.8. The van der Waals surface area contributed by atoms with Crippen LogP contribution in [0.4, 0.5) is 26.1 Å². The van der Waals surface area contributed by atoms with Gasteiger partial charge in [0.25, 0.3) is 5.91 Å². The molecule has 3 aromatic rings. The van der Waals surface area contributed by atoms with Crippen LogP contribution < -0.4 is 16.0 Å². The number of halogens is 2. The zero-order chi connectivity index (χ0) is 24.3. The Balaban J connectivity index is 1.57. The van der Waals surface area contributed by atoms with Crippen LogP contribution in [0, 0.1) is 0 Å². The number of fused-ring (bicyclic) bond motifs is 1. The van der Waals surface area contributed by atoms with Crippen LogP contribution in [0.5, 0.6) is 0 Å². The summed E-state index contributed by atoms with van der Waals surface area (Å²) in [5.41, 5.74) is -0.525. The normalized spacial score (nSPS) is 19.6. The van der Waals surface area contributed by atoms with Crippen LogP contribution >= 0.6 is 0 Å². The van der Waals surface area contributed by atoms with Crippen LogP contribution in [0.15, 0.2) is 36.8 Å². The van der Waals surface area contributed by atoms with Crippen molar-refractivity contribution >= 4 is 28.9 Å². The van der Waals surface area contributed by atoms with Gasteiger partial charge in [-0.05, 0) is 26.3 Å². The summed E-state index contributed by atoms with van der Waals surface area (Å²) in [6.45, 7) is 2.60. The molecule has 0 bridgehead atoms. The molecule has 12 heteroatoms. The van der Waals surface area contributed by atoms with Crippen molar-refractivity contribution in [2.45, 2.75) is 44.3 Å². The average molecular weight is 476 g/mol. The number of anilines is 3. The van der Waals surface area contributed by atoms with Crippen LogP contribution in [-0.4, -0.2) is 74.3 Å². The quantitative estimate of drug-likeness (QED) is 0.391. The minimum absolute atomic E-state index is 0.0419. The van der Waals surface area contributed by atoms with E-state index in [1.807, 2.05) is 0 Å². The van der Waals surface area contributed by atoms with Gasteiger partial charge in [-0.2, -0.15) is 5.10 Å². The average Bonchev–Trinajstić information content (AvgIpc) is 3.26. The Labute approximate surface area is 194 Å². The topological polar surface area (TPSA) is 126 Å². The summed E-state index contributed by atoms with van der Waals surface area (Å²) in [5, 5.41) is 22.5. The number of hydrogen-bond acceptors (Lipinski definition) is 8. The van der Waals surface area contributed by atoms with E-state index in [1.54, 1.807) is 35.1 Å². The fourth-order valence-corrected chi connectivity index (χ4v) is 3.43. The Morgan fingerprint density at radius 2 is 2.21 bits per heavy atom. The molecule has 4 rings (SSSR count). The molecular weight excluding hydrogens is 448 g/mol. The van der Waals surface area contributed by atoms with Gasteiger partial charge in [0.1, 0.15) is 24.0 Å². The van der Waals surface area contributed by atoms with Gasteiger partial charge in [0, 0.05) is 31.1 Å². The molecule has 0 radical (unpaired) electrons. The van der Waals surface area contributed by atoms with Gasteiger partial charge in [-0.1, -0.05) is 0 Å². The van der Waals surface area contributed by atoms with E-state index in [9.17, 15) is 18.7 Å². The lowest BCUT2D eigenvalue weighted by Gasteiger charge is -2.28. The van der Waals surface area contributed by atoms with Crippen molar-refractivity contribution in [2.75, 3.05) is 30.4 Å². The third-order valence-electron chi connectivity index (χ3n) is 5.50. The van der Waals surface area contributed by atoms with Gasteiger partial charge in [0.05, 0.1) is 42.2 Å². The van der Waals surface area contributed by atoms with Gasteiger partial charge >= 0.3 is 0 Å². The standard InChI is InChI=1S/C22H27F2N7O3/c1-22(2,33)17(24)11-26-21(32)13-10-25-19(9-16(13)28-15-5-8-34-12-14(15)23)29-18-4-7-31-20(30-18)3-6-27-31/h3-4,6-7,9-10,14-15,17,33H,5,8,11-12H2,1-2H3,(H,26,32)(H2,25,28,29,30). The number of amides is 1. The van der Waals surface area contributed by atoms with E-state index in [4.69, 9.17) is 4.74 Å². The number of carbonyl (C=O) groups excluding carboxylic acids is 1.